The van der Waals surface area contributed by atoms with Gasteiger partial charge in [0.25, 0.3) is 0 Å². The molecule has 0 aliphatic carbocycles. The number of para-hydroxylation sites is 1. The molecule has 0 saturated carbocycles. The Morgan fingerprint density at radius 3 is 2.46 bits per heavy atom. The van der Waals surface area contributed by atoms with E-state index in [1.54, 1.807) is 12.1 Å². The molecule has 146 valence electrons. The van der Waals surface area contributed by atoms with Crippen molar-refractivity contribution in [2.24, 2.45) is 11.8 Å². The fourth-order valence-electron chi connectivity index (χ4n) is 4.03. The van der Waals surface area contributed by atoms with Gasteiger partial charge in [0.05, 0.1) is 0 Å². The van der Waals surface area contributed by atoms with Crippen molar-refractivity contribution < 1.29 is 18.6 Å². The molecule has 5 nitrogen and oxygen atoms in total. The third-order valence-electron chi connectivity index (χ3n) is 5.56. The molecule has 2 aliphatic heterocycles. The highest BCUT2D eigenvalue weighted by Gasteiger charge is 2.34. The summed E-state index contributed by atoms with van der Waals surface area (Å²) >= 11 is 0. The number of hydrogen-bond donors (Lipinski definition) is 1. The lowest BCUT2D eigenvalue weighted by atomic mass is 9.96. The molecule has 2 aliphatic rings. The predicted octanol–water partition coefficient (Wildman–Crippen LogP) is 1.58. The molecule has 2 heterocycles. The molecule has 2 saturated heterocycles. The normalized spacial score (nSPS) is 25.9. The maximum Gasteiger partial charge on any atom is 0.387 e. The first-order chi connectivity index (χ1) is 12.5. The minimum absolute atomic E-state index is 0.171. The van der Waals surface area contributed by atoms with Gasteiger partial charge in [0.1, 0.15) is 5.75 Å². The molecular weight excluding hydrogens is 340 g/mol. The molecular formula is C19H29F2N3O2. The Bertz CT molecular complexity index is 567. The Hall–Kier alpha value is -1.28. The van der Waals surface area contributed by atoms with E-state index in [1.807, 2.05) is 12.1 Å². The zero-order valence-corrected chi connectivity index (χ0v) is 15.4. The van der Waals surface area contributed by atoms with Gasteiger partial charge in [-0.05, 0) is 24.9 Å². The van der Waals surface area contributed by atoms with Gasteiger partial charge in [-0.2, -0.15) is 8.78 Å². The maximum absolute atomic E-state index is 12.6. The van der Waals surface area contributed by atoms with E-state index in [4.69, 9.17) is 0 Å². The number of nitrogens with zero attached hydrogens (tertiary/aromatic N) is 3. The largest absolute Gasteiger partial charge is 0.434 e. The zero-order chi connectivity index (χ0) is 18.5. The van der Waals surface area contributed by atoms with Crippen molar-refractivity contribution in [1.29, 1.82) is 0 Å². The number of likely N-dealkylation sites (tertiary alicyclic amines) is 1. The highest BCUT2D eigenvalue weighted by Crippen LogP contribution is 2.28. The maximum atomic E-state index is 12.6. The summed E-state index contributed by atoms with van der Waals surface area (Å²) in [5.41, 5.74) is 0.768. The van der Waals surface area contributed by atoms with Crippen LogP contribution < -0.4 is 4.74 Å². The summed E-state index contributed by atoms with van der Waals surface area (Å²) in [4.78, 5) is 7.06. The van der Waals surface area contributed by atoms with Gasteiger partial charge in [-0.3, -0.25) is 4.90 Å². The highest BCUT2D eigenvalue weighted by molar-refractivity contribution is 5.33. The molecule has 0 amide bonds. The summed E-state index contributed by atoms with van der Waals surface area (Å²) in [6, 6.07) is 6.97. The SMILES string of the molecule is CN1CCN(C[C@@H]2CN(Cc3ccccc3OC(F)F)C[C@@H]2CO)CC1. The number of halogens is 2. The summed E-state index contributed by atoms with van der Waals surface area (Å²) in [6.45, 7) is 4.88. The van der Waals surface area contributed by atoms with Crippen LogP contribution in [0.1, 0.15) is 5.56 Å². The summed E-state index contributed by atoms with van der Waals surface area (Å²) < 4.78 is 29.9. The first kappa shape index (κ1) is 19.5. The van der Waals surface area contributed by atoms with Crippen molar-refractivity contribution in [2.45, 2.75) is 13.2 Å². The fourth-order valence-corrected chi connectivity index (χ4v) is 4.03. The smallest absolute Gasteiger partial charge is 0.387 e. The van der Waals surface area contributed by atoms with Crippen LogP contribution in [-0.4, -0.2) is 85.9 Å². The minimum atomic E-state index is -2.81. The van der Waals surface area contributed by atoms with Gasteiger partial charge in [0.15, 0.2) is 0 Å². The van der Waals surface area contributed by atoms with Gasteiger partial charge in [-0.1, -0.05) is 18.2 Å². The summed E-state index contributed by atoms with van der Waals surface area (Å²) in [5, 5.41) is 9.79. The molecule has 0 spiro atoms. The van der Waals surface area contributed by atoms with Crippen molar-refractivity contribution in [1.82, 2.24) is 14.7 Å². The molecule has 1 aromatic rings. The van der Waals surface area contributed by atoms with Gasteiger partial charge in [0, 0.05) is 64.5 Å². The molecule has 0 unspecified atom stereocenters. The fraction of sp³-hybridized carbons (Fsp3) is 0.684. The highest BCUT2D eigenvalue weighted by atomic mass is 19.3. The monoisotopic (exact) mass is 369 g/mol. The molecule has 2 atom stereocenters. The van der Waals surface area contributed by atoms with Crippen LogP contribution in [0.15, 0.2) is 24.3 Å². The van der Waals surface area contributed by atoms with Crippen LogP contribution in [0, 0.1) is 11.8 Å². The second-order valence-electron chi connectivity index (χ2n) is 7.49. The lowest BCUT2D eigenvalue weighted by Crippen LogP contribution is -2.47. The molecule has 26 heavy (non-hydrogen) atoms. The average Bonchev–Trinajstić information content (AvgIpc) is 3.00. The molecule has 7 heteroatoms. The predicted molar refractivity (Wildman–Crippen MR) is 96.4 cm³/mol. The number of likely N-dealkylation sites (N-methyl/N-ethyl adjacent to an activating group) is 1. The van der Waals surface area contributed by atoms with E-state index in [9.17, 15) is 13.9 Å². The van der Waals surface area contributed by atoms with E-state index in [-0.39, 0.29) is 18.3 Å². The van der Waals surface area contributed by atoms with E-state index in [0.29, 0.717) is 12.5 Å². The minimum Gasteiger partial charge on any atom is -0.434 e. The molecule has 1 aromatic carbocycles. The van der Waals surface area contributed by atoms with Crippen LogP contribution in [0.5, 0.6) is 5.75 Å². The number of aliphatic hydroxyl groups excluding tert-OH is 1. The van der Waals surface area contributed by atoms with Crippen molar-refractivity contribution in [2.75, 3.05) is 59.5 Å². The number of ether oxygens (including phenoxy) is 1. The van der Waals surface area contributed by atoms with Gasteiger partial charge in [-0.15, -0.1) is 0 Å². The van der Waals surface area contributed by atoms with Crippen molar-refractivity contribution in [3.63, 3.8) is 0 Å². The summed E-state index contributed by atoms with van der Waals surface area (Å²) in [5.74, 6) is 0.884. The number of alkyl halides is 2. The topological polar surface area (TPSA) is 39.2 Å². The zero-order valence-electron chi connectivity index (χ0n) is 15.4. The van der Waals surface area contributed by atoms with E-state index in [1.165, 1.54) is 0 Å². The first-order valence-electron chi connectivity index (χ1n) is 9.32. The molecule has 3 rings (SSSR count). The Balaban J connectivity index is 1.59. The Labute approximate surface area is 154 Å². The lowest BCUT2D eigenvalue weighted by Gasteiger charge is -2.34. The molecule has 0 aromatic heterocycles. The van der Waals surface area contributed by atoms with Crippen LogP contribution in [0.2, 0.25) is 0 Å². The molecule has 0 radical (unpaired) electrons. The number of rotatable bonds is 7. The average molecular weight is 369 g/mol. The van der Waals surface area contributed by atoms with Crippen LogP contribution in [0.4, 0.5) is 8.78 Å². The van der Waals surface area contributed by atoms with Gasteiger partial charge < -0.3 is 19.6 Å². The summed E-state index contributed by atoms with van der Waals surface area (Å²) in [7, 11) is 2.14. The van der Waals surface area contributed by atoms with E-state index >= 15 is 0 Å². The first-order valence-corrected chi connectivity index (χ1v) is 9.32. The lowest BCUT2D eigenvalue weighted by molar-refractivity contribution is -0.0507. The van der Waals surface area contributed by atoms with Crippen molar-refractivity contribution in [3.05, 3.63) is 29.8 Å². The van der Waals surface area contributed by atoms with Crippen molar-refractivity contribution in [3.8, 4) is 5.75 Å². The van der Waals surface area contributed by atoms with Crippen LogP contribution in [0.3, 0.4) is 0 Å². The molecule has 0 bridgehead atoms. The second kappa shape index (κ2) is 9.08. The van der Waals surface area contributed by atoms with Gasteiger partial charge in [0.2, 0.25) is 0 Å². The van der Waals surface area contributed by atoms with E-state index in [0.717, 1.165) is 51.4 Å². The number of aliphatic hydroxyl groups is 1. The van der Waals surface area contributed by atoms with E-state index < -0.39 is 6.61 Å². The molecule has 2 fully saturated rings. The number of benzene rings is 1. The molecule has 1 N–H and O–H groups in total. The van der Waals surface area contributed by atoms with Crippen molar-refractivity contribution >= 4 is 0 Å². The standard InChI is InChI=1S/C19H29F2N3O2/c1-22-6-8-23(9-7-22)11-16-12-24(13-17(16)14-25)10-15-4-2-3-5-18(15)26-19(20)21/h2-5,16-17,19,25H,6-14H2,1H3/t16-,17-/m1/s1. The van der Waals surface area contributed by atoms with Crippen LogP contribution in [0.25, 0.3) is 0 Å². The third kappa shape index (κ3) is 5.13. The van der Waals surface area contributed by atoms with Crippen LogP contribution in [-0.2, 0) is 6.54 Å². The van der Waals surface area contributed by atoms with Crippen LogP contribution >= 0.6 is 0 Å². The quantitative estimate of drug-likeness (QED) is 0.790. The number of piperazine rings is 1. The van der Waals surface area contributed by atoms with Gasteiger partial charge in [-0.25, -0.2) is 0 Å². The Kier molecular flexibility index (Phi) is 6.80. The Morgan fingerprint density at radius 1 is 1.08 bits per heavy atom. The second-order valence-corrected chi connectivity index (χ2v) is 7.49. The Morgan fingerprint density at radius 2 is 1.77 bits per heavy atom. The summed E-state index contributed by atoms with van der Waals surface area (Å²) in [6.07, 6.45) is 0. The van der Waals surface area contributed by atoms with E-state index in [2.05, 4.69) is 26.5 Å². The third-order valence-corrected chi connectivity index (χ3v) is 5.56. The number of hydrogen-bond acceptors (Lipinski definition) is 5. The van der Waals surface area contributed by atoms with Gasteiger partial charge >= 0.3 is 6.61 Å².